The quantitative estimate of drug-likeness (QED) is 0.858. The van der Waals surface area contributed by atoms with E-state index in [1.807, 2.05) is 12.1 Å². The highest BCUT2D eigenvalue weighted by Crippen LogP contribution is 2.26. The van der Waals surface area contributed by atoms with Crippen LogP contribution in [0, 0.1) is 0 Å². The average molecular weight is 276 g/mol. The molecule has 4 heteroatoms. The van der Waals surface area contributed by atoms with Crippen molar-refractivity contribution in [3.05, 3.63) is 35.4 Å². The number of hydrogen-bond acceptors (Lipinski definition) is 3. The minimum atomic E-state index is -0.161. The molecule has 0 aliphatic carbocycles. The molecule has 0 saturated carbocycles. The van der Waals surface area contributed by atoms with Crippen molar-refractivity contribution in [1.29, 1.82) is 0 Å². The zero-order chi connectivity index (χ0) is 13.2. The summed E-state index contributed by atoms with van der Waals surface area (Å²) in [5.74, 6) is 0. The second-order valence-electron chi connectivity index (χ2n) is 5.48. The number of thiol groups is 1. The van der Waals surface area contributed by atoms with Crippen LogP contribution >= 0.6 is 12.6 Å². The van der Waals surface area contributed by atoms with Crippen LogP contribution in [-0.4, -0.2) is 40.7 Å². The molecule has 2 fully saturated rings. The predicted molar refractivity (Wildman–Crippen MR) is 79.4 cm³/mol. The van der Waals surface area contributed by atoms with Gasteiger partial charge in [-0.25, -0.2) is 0 Å². The van der Waals surface area contributed by atoms with Gasteiger partial charge in [0.05, 0.1) is 6.17 Å². The van der Waals surface area contributed by atoms with Gasteiger partial charge in [-0.3, -0.25) is 14.6 Å². The first-order valence-electron chi connectivity index (χ1n) is 7.04. The van der Waals surface area contributed by atoms with E-state index in [4.69, 9.17) is 0 Å². The average Bonchev–Trinajstić information content (AvgIpc) is 2.89. The van der Waals surface area contributed by atoms with E-state index >= 15 is 0 Å². The van der Waals surface area contributed by atoms with E-state index < -0.39 is 0 Å². The summed E-state index contributed by atoms with van der Waals surface area (Å²) < 4.78 is 0. The fraction of sp³-hybridized carbons (Fsp3) is 0.533. The molecule has 0 aromatic heterocycles. The number of carbonyl (C=O) groups excluding carboxylic acids is 1. The third-order valence-corrected chi connectivity index (χ3v) is 4.49. The molecule has 102 valence electrons. The predicted octanol–water partition coefficient (Wildman–Crippen LogP) is 2.38. The van der Waals surface area contributed by atoms with Crippen molar-refractivity contribution in [3.8, 4) is 0 Å². The highest BCUT2D eigenvalue weighted by atomic mass is 32.1. The Morgan fingerprint density at radius 1 is 1.16 bits per heavy atom. The second-order valence-corrected chi connectivity index (χ2v) is 5.89. The third kappa shape index (κ3) is 2.86. The van der Waals surface area contributed by atoms with Crippen molar-refractivity contribution in [1.82, 2.24) is 9.80 Å². The molecule has 1 unspecified atom stereocenters. The number of carbonyl (C=O) groups is 1. The lowest BCUT2D eigenvalue weighted by molar-refractivity contribution is 0.0287. The molecule has 0 radical (unpaired) electrons. The fourth-order valence-corrected chi connectivity index (χ4v) is 3.43. The van der Waals surface area contributed by atoms with E-state index in [-0.39, 0.29) is 5.12 Å². The number of nitrogens with zero attached hydrogens (tertiary/aromatic N) is 2. The maximum Gasteiger partial charge on any atom is 0.216 e. The molecule has 3 nitrogen and oxygen atoms in total. The van der Waals surface area contributed by atoms with Crippen LogP contribution in [0.5, 0.6) is 0 Å². The first-order valence-corrected chi connectivity index (χ1v) is 7.49. The Bertz CT molecular complexity index is 460. The highest BCUT2D eigenvalue weighted by Gasteiger charge is 2.32. The summed E-state index contributed by atoms with van der Waals surface area (Å²) in [6.45, 7) is 4.69. The molecule has 2 saturated heterocycles. The standard InChI is InChI=1S/C15H20N2OS/c18-15(19)13-6-4-12(5-7-13)11-17-10-2-9-16-8-1-3-14(16)17/h4-7,14H,1-3,8-11H2,(H,18,19). The zero-order valence-electron chi connectivity index (χ0n) is 11.1. The molecule has 0 N–H and O–H groups in total. The van der Waals surface area contributed by atoms with Crippen LogP contribution in [0.25, 0.3) is 0 Å². The lowest BCUT2D eigenvalue weighted by atomic mass is 10.1. The van der Waals surface area contributed by atoms with E-state index in [1.165, 1.54) is 44.5 Å². The van der Waals surface area contributed by atoms with E-state index in [0.29, 0.717) is 11.7 Å². The summed E-state index contributed by atoms with van der Waals surface area (Å²) in [6.07, 6.45) is 4.53. The van der Waals surface area contributed by atoms with Crippen LogP contribution < -0.4 is 0 Å². The smallest absolute Gasteiger partial charge is 0.216 e. The molecule has 2 aliphatic rings. The van der Waals surface area contributed by atoms with Gasteiger partial charge in [-0.2, -0.15) is 0 Å². The Morgan fingerprint density at radius 3 is 2.63 bits per heavy atom. The Labute approximate surface area is 120 Å². The maximum absolute atomic E-state index is 11.1. The van der Waals surface area contributed by atoms with Crippen molar-refractivity contribution in [2.45, 2.75) is 32.0 Å². The van der Waals surface area contributed by atoms with Crippen molar-refractivity contribution in [3.63, 3.8) is 0 Å². The summed E-state index contributed by atoms with van der Waals surface area (Å²) in [4.78, 5) is 16.3. The van der Waals surface area contributed by atoms with Gasteiger partial charge in [-0.15, -0.1) is 12.6 Å². The van der Waals surface area contributed by atoms with Crippen molar-refractivity contribution < 1.29 is 4.79 Å². The Hall–Kier alpha value is -0.840. The van der Waals surface area contributed by atoms with E-state index in [2.05, 4.69) is 34.6 Å². The van der Waals surface area contributed by atoms with Crippen molar-refractivity contribution in [2.24, 2.45) is 0 Å². The lowest BCUT2D eigenvalue weighted by Crippen LogP contribution is -2.49. The van der Waals surface area contributed by atoms with Crippen LogP contribution in [0.15, 0.2) is 24.3 Å². The summed E-state index contributed by atoms with van der Waals surface area (Å²) in [7, 11) is 0. The van der Waals surface area contributed by atoms with Gasteiger partial charge >= 0.3 is 0 Å². The van der Waals surface area contributed by atoms with Crippen LogP contribution in [-0.2, 0) is 6.54 Å². The third-order valence-electron chi connectivity index (χ3n) is 4.23. The van der Waals surface area contributed by atoms with Gasteiger partial charge in [-0.05, 0) is 31.4 Å². The number of rotatable bonds is 3. The molecule has 0 spiro atoms. The van der Waals surface area contributed by atoms with E-state index in [9.17, 15) is 4.79 Å². The summed E-state index contributed by atoms with van der Waals surface area (Å²) in [6, 6.07) is 7.86. The van der Waals surface area contributed by atoms with Crippen LogP contribution in [0.3, 0.4) is 0 Å². The normalized spacial score (nSPS) is 24.4. The minimum Gasteiger partial charge on any atom is -0.288 e. The largest absolute Gasteiger partial charge is 0.288 e. The van der Waals surface area contributed by atoms with Crippen LogP contribution in [0.1, 0.15) is 35.2 Å². The molecule has 0 bridgehead atoms. The fourth-order valence-electron chi connectivity index (χ4n) is 3.28. The number of fused-ring (bicyclic) bond motifs is 1. The summed E-state index contributed by atoms with van der Waals surface area (Å²) in [5.41, 5.74) is 1.96. The number of hydrogen-bond donors (Lipinski definition) is 1. The van der Waals surface area contributed by atoms with Crippen molar-refractivity contribution in [2.75, 3.05) is 19.6 Å². The molecule has 0 amide bonds. The first-order chi connectivity index (χ1) is 9.24. The summed E-state index contributed by atoms with van der Waals surface area (Å²) >= 11 is 3.85. The van der Waals surface area contributed by atoms with Gasteiger partial charge in [0, 0.05) is 25.2 Å². The highest BCUT2D eigenvalue weighted by molar-refractivity contribution is 7.97. The topological polar surface area (TPSA) is 23.6 Å². The molecule has 1 atom stereocenters. The molecule has 3 rings (SSSR count). The van der Waals surface area contributed by atoms with Crippen molar-refractivity contribution >= 4 is 17.7 Å². The number of benzene rings is 1. The second kappa shape index (κ2) is 5.65. The molecule has 19 heavy (non-hydrogen) atoms. The van der Waals surface area contributed by atoms with Gasteiger partial charge in [0.25, 0.3) is 0 Å². The van der Waals surface area contributed by atoms with E-state index in [1.54, 1.807) is 0 Å². The molecular formula is C15H20N2OS. The molecular weight excluding hydrogens is 256 g/mol. The lowest BCUT2D eigenvalue weighted by Gasteiger charge is -2.40. The molecule has 2 aliphatic heterocycles. The van der Waals surface area contributed by atoms with Crippen LogP contribution in [0.4, 0.5) is 0 Å². The molecule has 1 aromatic carbocycles. The van der Waals surface area contributed by atoms with Gasteiger partial charge in [0.1, 0.15) is 0 Å². The maximum atomic E-state index is 11.1. The van der Waals surface area contributed by atoms with E-state index in [0.717, 1.165) is 6.54 Å². The Morgan fingerprint density at radius 2 is 1.89 bits per heavy atom. The Kier molecular flexibility index (Phi) is 3.91. The summed E-state index contributed by atoms with van der Waals surface area (Å²) in [5, 5.41) is -0.161. The monoisotopic (exact) mass is 276 g/mol. The minimum absolute atomic E-state index is 0.161. The zero-order valence-corrected chi connectivity index (χ0v) is 12.0. The molecule has 1 aromatic rings. The van der Waals surface area contributed by atoms with Gasteiger partial charge < -0.3 is 0 Å². The molecule has 2 heterocycles. The van der Waals surface area contributed by atoms with Gasteiger partial charge in [0.15, 0.2) is 0 Å². The first kappa shape index (κ1) is 13.2. The Balaban J connectivity index is 1.68. The SMILES string of the molecule is O=C(S)c1ccc(CN2CCCN3CCCC32)cc1. The van der Waals surface area contributed by atoms with Gasteiger partial charge in [-0.1, -0.05) is 24.3 Å². The van der Waals surface area contributed by atoms with Crippen LogP contribution in [0.2, 0.25) is 0 Å². The van der Waals surface area contributed by atoms with Gasteiger partial charge in [0.2, 0.25) is 5.12 Å².